The van der Waals surface area contributed by atoms with Crippen LogP contribution >= 0.6 is 0 Å². The number of hydrogen-bond acceptors (Lipinski definition) is 17. The second kappa shape index (κ2) is 28.8. The molecule has 2 saturated heterocycles. The summed E-state index contributed by atoms with van der Waals surface area (Å²) < 4.78 is 63.9. The summed E-state index contributed by atoms with van der Waals surface area (Å²) in [5, 5.41) is 16.4. The summed E-state index contributed by atoms with van der Waals surface area (Å²) in [4.78, 5) is 62.2. The maximum atomic E-state index is 12.6. The molecule has 22 nitrogen and oxygen atoms in total. The normalized spacial score (nSPS) is 14.2. The Morgan fingerprint density at radius 3 is 1.27 bits per heavy atom. The standard InChI is InChI=1S/C26H38N6O6S.C26H40N6O4S.ClH/c1-6-30(7-2)25-27-17-22(32(18(3)4)39(5,36)37)23(29-25)28-21(24(33)34)16-19-10-12-20(13-11-19)38-26(35)31-14-8-9-15-31;1-7-30(8-2)25-27-18-23(32(19(3)4)37(6,34)35)24(29-25)28-20(5)17-21-11-13-22(14-12-21)36-26(33)31-15-9-10-16-31;/h10-13,17-18,21H,6-9,14-16H2,1-5H3,(H,33,34)(H,27,28,29);11-14,18-20H,7-10,15-17H2,1-6H3,(H,27,28,29);1H/p-1/t21-;20-;/m01./s1. The molecule has 0 radical (unpaired) electrons. The molecule has 2 aliphatic rings. The van der Waals surface area contributed by atoms with Crippen LogP contribution < -0.4 is 50.9 Å². The molecular formula is C52H78ClN12O10S2-. The zero-order valence-electron chi connectivity index (χ0n) is 46.3. The second-order valence-electron chi connectivity index (χ2n) is 19.4. The van der Waals surface area contributed by atoms with Gasteiger partial charge in [0.15, 0.2) is 11.6 Å². The summed E-state index contributed by atoms with van der Waals surface area (Å²) in [5.74, 6) is 1.24. The first-order chi connectivity index (χ1) is 36.0. The monoisotopic (exact) mass is 1130 g/mol. The van der Waals surface area contributed by atoms with E-state index in [4.69, 9.17) is 14.5 Å². The number of benzene rings is 2. The van der Waals surface area contributed by atoms with E-state index in [0.29, 0.717) is 73.1 Å². The van der Waals surface area contributed by atoms with Crippen LogP contribution in [0.15, 0.2) is 60.9 Å². The van der Waals surface area contributed by atoms with Crippen molar-refractivity contribution in [1.29, 1.82) is 0 Å². The molecule has 2 aromatic carbocycles. The molecule has 2 atom stereocenters. The van der Waals surface area contributed by atoms with Gasteiger partial charge in [-0.15, -0.1) is 0 Å². The highest BCUT2D eigenvalue weighted by atomic mass is 35.5. The highest BCUT2D eigenvalue weighted by molar-refractivity contribution is 7.92. The largest absolute Gasteiger partial charge is 1.00 e. The summed E-state index contributed by atoms with van der Waals surface area (Å²) in [6.07, 6.45) is 9.25. The highest BCUT2D eigenvalue weighted by Gasteiger charge is 2.30. The van der Waals surface area contributed by atoms with Crippen LogP contribution in [0.1, 0.15) is 99.1 Å². The lowest BCUT2D eigenvalue weighted by atomic mass is 10.1. The minimum atomic E-state index is -3.71. The molecule has 2 fully saturated rings. The zero-order chi connectivity index (χ0) is 55.9. The van der Waals surface area contributed by atoms with Crippen LogP contribution in [0, 0.1) is 0 Å². The molecule has 0 unspecified atom stereocenters. The van der Waals surface area contributed by atoms with E-state index < -0.39 is 44.2 Å². The van der Waals surface area contributed by atoms with Gasteiger partial charge < -0.3 is 57.2 Å². The maximum Gasteiger partial charge on any atom is 0.415 e. The van der Waals surface area contributed by atoms with Gasteiger partial charge in [-0.1, -0.05) is 24.3 Å². The number of aromatic nitrogens is 4. The number of aliphatic carboxylic acids is 1. The molecule has 25 heteroatoms. The van der Waals surface area contributed by atoms with Gasteiger partial charge in [0.05, 0.1) is 24.9 Å². The Kier molecular flexibility index (Phi) is 23.6. The summed E-state index contributed by atoms with van der Waals surface area (Å²) in [6.45, 7) is 22.6. The number of carboxylic acid groups (broad SMARTS) is 1. The predicted octanol–water partition coefficient (Wildman–Crippen LogP) is 4.34. The Labute approximate surface area is 461 Å². The average molecular weight is 1130 g/mol. The fraction of sp³-hybridized carbons (Fsp3) is 0.558. The van der Waals surface area contributed by atoms with Crippen LogP contribution in [0.25, 0.3) is 0 Å². The van der Waals surface area contributed by atoms with Gasteiger partial charge in [-0.3, -0.25) is 8.61 Å². The van der Waals surface area contributed by atoms with Crippen LogP contribution in [0.5, 0.6) is 11.5 Å². The number of nitrogens with one attached hydrogen (secondary N) is 2. The Morgan fingerprint density at radius 2 is 0.948 bits per heavy atom. The maximum absolute atomic E-state index is 12.6. The lowest BCUT2D eigenvalue weighted by molar-refractivity contribution is -0.137. The molecule has 2 aliphatic heterocycles. The van der Waals surface area contributed by atoms with E-state index in [2.05, 4.69) is 25.6 Å². The summed E-state index contributed by atoms with van der Waals surface area (Å²) >= 11 is 0. The first-order valence-electron chi connectivity index (χ1n) is 26.1. The summed E-state index contributed by atoms with van der Waals surface area (Å²) in [7, 11) is -7.26. The fourth-order valence-electron chi connectivity index (χ4n) is 9.02. The van der Waals surface area contributed by atoms with Crippen molar-refractivity contribution in [2.75, 3.05) is 93.9 Å². The third kappa shape index (κ3) is 17.8. The van der Waals surface area contributed by atoms with E-state index in [1.165, 1.54) is 21.1 Å². The Hall–Kier alpha value is -6.40. The minimum Gasteiger partial charge on any atom is -1.00 e. The van der Waals surface area contributed by atoms with Gasteiger partial charge >= 0.3 is 18.2 Å². The van der Waals surface area contributed by atoms with Crippen molar-refractivity contribution < 1.29 is 58.2 Å². The topological polar surface area (TPSA) is 253 Å². The van der Waals surface area contributed by atoms with Gasteiger partial charge in [-0.25, -0.2) is 41.2 Å². The molecular weight excluding hydrogens is 1050 g/mol. The number of rotatable bonds is 23. The van der Waals surface area contributed by atoms with E-state index in [1.807, 2.05) is 70.4 Å². The smallest absolute Gasteiger partial charge is 0.415 e. The third-order valence-corrected chi connectivity index (χ3v) is 15.4. The molecule has 426 valence electrons. The Balaban J connectivity index is 0.000000329. The number of carboxylic acids is 1. The first-order valence-corrected chi connectivity index (χ1v) is 29.8. The van der Waals surface area contributed by atoms with Gasteiger partial charge in [-0.05, 0) is 130 Å². The fourth-order valence-corrected chi connectivity index (χ4v) is 11.5. The number of hydrogen-bond donors (Lipinski definition) is 3. The molecule has 6 rings (SSSR count). The average Bonchev–Trinajstić information content (AvgIpc) is 4.11. The van der Waals surface area contributed by atoms with Crippen LogP contribution in [0.3, 0.4) is 0 Å². The van der Waals surface area contributed by atoms with Crippen molar-refractivity contribution in [3.05, 3.63) is 72.1 Å². The summed E-state index contributed by atoms with van der Waals surface area (Å²) in [6, 6.07) is 12.2. The SMILES string of the molecule is CCN(CC)c1ncc(N(C(C)C)S(C)(=O)=O)c(N[C@@H](Cc2ccc(OC(=O)N3CCCC3)cc2)C(=O)O)n1.CCN(CC)c1ncc(N(C(C)C)S(C)(=O)=O)c(N[C@H](C)Cc2ccc(OC(=O)N3CCCC3)cc2)n1.[Cl-]. The van der Waals surface area contributed by atoms with Gasteiger partial charge in [-0.2, -0.15) is 9.97 Å². The van der Waals surface area contributed by atoms with Crippen molar-refractivity contribution in [1.82, 2.24) is 29.7 Å². The second-order valence-corrected chi connectivity index (χ2v) is 23.1. The van der Waals surface area contributed by atoms with Crippen molar-refractivity contribution in [3.63, 3.8) is 0 Å². The number of carbonyl (C=O) groups is 3. The van der Waals surface area contributed by atoms with Crippen LogP contribution in [-0.2, 0) is 37.7 Å². The van der Waals surface area contributed by atoms with Crippen LogP contribution in [0.2, 0.25) is 0 Å². The zero-order valence-corrected chi connectivity index (χ0v) is 48.7. The van der Waals surface area contributed by atoms with Crippen LogP contribution in [-0.4, -0.2) is 159 Å². The minimum absolute atomic E-state index is 0. The molecule has 0 saturated carbocycles. The highest BCUT2D eigenvalue weighted by Crippen LogP contribution is 2.32. The number of sulfonamides is 2. The van der Waals surface area contributed by atoms with Gasteiger partial charge in [0.25, 0.3) is 0 Å². The van der Waals surface area contributed by atoms with Crippen molar-refractivity contribution >= 4 is 73.1 Å². The van der Waals surface area contributed by atoms with Crippen LogP contribution in [0.4, 0.5) is 44.5 Å². The Morgan fingerprint density at radius 1 is 0.597 bits per heavy atom. The van der Waals surface area contributed by atoms with Gasteiger partial charge in [0, 0.05) is 76.9 Å². The van der Waals surface area contributed by atoms with E-state index in [0.717, 1.165) is 63.7 Å². The quantitative estimate of drug-likeness (QED) is 0.0934. The van der Waals surface area contributed by atoms with Crippen molar-refractivity contribution in [2.24, 2.45) is 0 Å². The molecule has 3 N–H and O–H groups in total. The number of likely N-dealkylation sites (tertiary alicyclic amines) is 2. The number of halogens is 1. The molecule has 0 spiro atoms. The molecule has 77 heavy (non-hydrogen) atoms. The van der Waals surface area contributed by atoms with Gasteiger partial charge in [0.2, 0.25) is 31.9 Å². The number of nitrogens with zero attached hydrogens (tertiary/aromatic N) is 10. The van der Waals surface area contributed by atoms with Gasteiger partial charge in [0.1, 0.15) is 28.9 Å². The molecule has 4 aromatic rings. The molecule has 2 amide bonds. The van der Waals surface area contributed by atoms with E-state index in [1.54, 1.807) is 66.2 Å². The van der Waals surface area contributed by atoms with E-state index >= 15 is 0 Å². The molecule has 4 heterocycles. The first kappa shape index (κ1) is 63.1. The van der Waals surface area contributed by atoms with E-state index in [9.17, 15) is 36.3 Å². The summed E-state index contributed by atoms with van der Waals surface area (Å²) in [5.41, 5.74) is 2.31. The number of carbonyl (C=O) groups excluding carboxylic acids is 2. The number of anilines is 6. The van der Waals surface area contributed by atoms with Crippen molar-refractivity contribution in [2.45, 2.75) is 125 Å². The molecule has 2 aromatic heterocycles. The van der Waals surface area contributed by atoms with E-state index in [-0.39, 0.29) is 48.5 Å². The molecule has 0 aliphatic carbocycles. The molecule has 0 bridgehead atoms. The Bertz CT molecular complexity index is 2780. The predicted molar refractivity (Wildman–Crippen MR) is 298 cm³/mol. The lowest BCUT2D eigenvalue weighted by Gasteiger charge is -2.30. The number of amides is 2. The van der Waals surface area contributed by atoms with Crippen molar-refractivity contribution in [3.8, 4) is 11.5 Å². The third-order valence-electron chi connectivity index (χ3n) is 12.7. The number of ether oxygens (including phenoxy) is 2. The lowest BCUT2D eigenvalue weighted by Crippen LogP contribution is -3.00.